The van der Waals surface area contributed by atoms with Crippen LogP contribution < -0.4 is 16.4 Å². The first kappa shape index (κ1) is 38.7. The van der Waals surface area contributed by atoms with Gasteiger partial charge in [0.1, 0.15) is 0 Å². The molecule has 0 saturated heterocycles. The first-order chi connectivity index (χ1) is 21.9. The largest absolute Gasteiger partial charge is 0.324 e. The Bertz CT molecular complexity index is 1060. The van der Waals surface area contributed by atoms with Gasteiger partial charge < -0.3 is 4.48 Å². The molecule has 1 nitrogen and oxygen atoms in total. The van der Waals surface area contributed by atoms with E-state index >= 15 is 13.2 Å². The van der Waals surface area contributed by atoms with E-state index in [-0.39, 0.29) is 0 Å². The number of halogens is 3. The zero-order valence-corrected chi connectivity index (χ0v) is 29.1. The summed E-state index contributed by atoms with van der Waals surface area (Å²) in [4.78, 5) is 0. The summed E-state index contributed by atoms with van der Waals surface area (Å²) in [6, 6.07) is 19.2. The Balaban J connectivity index is 0.000000358. The Kier molecular flexibility index (Phi) is 18.3. The molecule has 3 aromatic rings. The maximum atomic E-state index is 15.1. The fraction of sp³-hybridized carbons (Fsp3) is 0.550. The summed E-state index contributed by atoms with van der Waals surface area (Å²) in [5.74, 6) is -1.28. The van der Waals surface area contributed by atoms with Crippen molar-refractivity contribution in [1.29, 1.82) is 0 Å². The molecular formula is C40H61BF3N. The molecule has 0 spiro atoms. The van der Waals surface area contributed by atoms with Gasteiger partial charge in [0.25, 0.3) is 0 Å². The molecule has 0 unspecified atom stereocenters. The van der Waals surface area contributed by atoms with Crippen molar-refractivity contribution in [1.82, 2.24) is 0 Å². The van der Waals surface area contributed by atoms with Crippen LogP contribution in [0.5, 0.6) is 0 Å². The second-order valence-electron chi connectivity index (χ2n) is 13.1. The molecule has 0 heterocycles. The molecule has 45 heavy (non-hydrogen) atoms. The van der Waals surface area contributed by atoms with Crippen LogP contribution in [0.3, 0.4) is 0 Å². The average molecular weight is 624 g/mol. The van der Waals surface area contributed by atoms with Gasteiger partial charge in [-0.25, -0.2) is 13.2 Å². The zero-order chi connectivity index (χ0) is 33.0. The quantitative estimate of drug-likeness (QED) is 0.0668. The number of unbranched alkanes of at least 4 members (excludes halogenated alkanes) is 7. The summed E-state index contributed by atoms with van der Waals surface area (Å²) in [6.45, 7) is 17.1. The highest BCUT2D eigenvalue weighted by atomic mass is 19.1. The molecule has 3 aromatic carbocycles. The highest BCUT2D eigenvalue weighted by Gasteiger charge is 2.35. The maximum absolute atomic E-state index is 15.1. The first-order valence-electron chi connectivity index (χ1n) is 18.1. The van der Waals surface area contributed by atoms with Crippen LogP contribution in [-0.2, 0) is 0 Å². The fourth-order valence-corrected chi connectivity index (χ4v) is 7.12. The van der Waals surface area contributed by atoms with E-state index in [4.69, 9.17) is 0 Å². The van der Waals surface area contributed by atoms with Gasteiger partial charge in [-0.2, -0.15) is 22.7 Å². The summed E-state index contributed by atoms with van der Waals surface area (Å²) in [7, 11) is 0. The number of rotatable bonds is 20. The minimum absolute atomic E-state index is 0.370. The van der Waals surface area contributed by atoms with Crippen molar-refractivity contribution < 1.29 is 17.7 Å². The second-order valence-corrected chi connectivity index (χ2v) is 13.1. The van der Waals surface area contributed by atoms with E-state index in [1.807, 2.05) is 0 Å². The van der Waals surface area contributed by atoms with Gasteiger partial charge >= 0.3 is 0 Å². The van der Waals surface area contributed by atoms with Gasteiger partial charge in [0.05, 0.1) is 49.8 Å². The van der Waals surface area contributed by atoms with E-state index in [0.29, 0.717) is 22.7 Å². The van der Waals surface area contributed by atoms with E-state index in [1.165, 1.54) is 100 Å². The lowest BCUT2D eigenvalue weighted by Crippen LogP contribution is -2.69. The lowest BCUT2D eigenvalue weighted by molar-refractivity contribution is -0.929. The van der Waals surface area contributed by atoms with Gasteiger partial charge in [-0.15, -0.1) is 0 Å². The number of quaternary nitrogens is 1. The summed E-state index contributed by atoms with van der Waals surface area (Å²) in [6.07, 6.45) is 13.2. The topological polar surface area (TPSA) is 0 Å². The highest BCUT2D eigenvalue weighted by Crippen LogP contribution is 2.21. The molecular weight excluding hydrogens is 562 g/mol. The van der Waals surface area contributed by atoms with Crippen LogP contribution >= 0.6 is 0 Å². The smallest absolute Gasteiger partial charge is 0.0922 e. The van der Waals surface area contributed by atoms with Gasteiger partial charge in [0.15, 0.2) is 0 Å². The molecule has 0 aliphatic rings. The Morgan fingerprint density at radius 3 is 1.02 bits per heavy atom. The molecule has 0 radical (unpaired) electrons. The van der Waals surface area contributed by atoms with E-state index in [0.717, 1.165) is 25.7 Å². The van der Waals surface area contributed by atoms with Gasteiger partial charge in [0, 0.05) is 0 Å². The van der Waals surface area contributed by atoms with E-state index in [1.54, 1.807) is 54.6 Å². The fourth-order valence-electron chi connectivity index (χ4n) is 7.12. The number of nitrogens with zero attached hydrogens (tertiary/aromatic N) is 1. The highest BCUT2D eigenvalue weighted by molar-refractivity contribution is 7.11. The van der Waals surface area contributed by atoms with Crippen molar-refractivity contribution >= 4 is 22.5 Å². The second kappa shape index (κ2) is 21.3. The van der Waals surface area contributed by atoms with Crippen LogP contribution in [0.2, 0.25) is 6.32 Å². The van der Waals surface area contributed by atoms with Crippen molar-refractivity contribution in [3.05, 3.63) is 90.2 Å². The van der Waals surface area contributed by atoms with Crippen molar-refractivity contribution in [3.63, 3.8) is 0 Å². The summed E-state index contributed by atoms with van der Waals surface area (Å²) >= 11 is 0. The van der Waals surface area contributed by atoms with Crippen molar-refractivity contribution in [2.45, 2.75) is 118 Å². The minimum atomic E-state index is -2.13. The number of hydrogen-bond donors (Lipinski definition) is 0. The molecule has 0 amide bonds. The number of hydrogen-bond acceptors (Lipinski definition) is 0. The average Bonchev–Trinajstić information content (AvgIpc) is 3.06. The van der Waals surface area contributed by atoms with Gasteiger partial charge in [-0.1, -0.05) is 141 Å². The third-order valence-electron chi connectivity index (χ3n) is 9.74. The van der Waals surface area contributed by atoms with E-state index in [9.17, 15) is 0 Å². The number of benzene rings is 3. The summed E-state index contributed by atoms with van der Waals surface area (Å²) < 4.78 is 46.6. The molecule has 0 atom stereocenters. The molecule has 0 saturated carbocycles. The first-order valence-corrected chi connectivity index (χ1v) is 18.1. The molecule has 0 N–H and O–H groups in total. The predicted octanol–water partition coefficient (Wildman–Crippen LogP) is 10.2. The third-order valence-corrected chi connectivity index (χ3v) is 9.74. The Morgan fingerprint density at radius 1 is 0.422 bits per heavy atom. The van der Waals surface area contributed by atoms with Crippen molar-refractivity contribution in [2.75, 3.05) is 26.2 Å². The molecule has 3 rings (SSSR count). The third kappa shape index (κ3) is 11.3. The van der Waals surface area contributed by atoms with E-state index < -0.39 is 23.6 Å². The molecule has 0 aliphatic carbocycles. The normalized spacial score (nSPS) is 11.7. The van der Waals surface area contributed by atoms with Crippen LogP contribution in [0.15, 0.2) is 72.8 Å². The van der Waals surface area contributed by atoms with Gasteiger partial charge in [0.2, 0.25) is 0 Å². The monoisotopic (exact) mass is 623 g/mol. The molecule has 0 bridgehead atoms. The summed E-state index contributed by atoms with van der Waals surface area (Å²) in [5, 5.41) is 0. The van der Waals surface area contributed by atoms with Crippen LogP contribution in [0.1, 0.15) is 112 Å². The Hall–Kier alpha value is -2.53. The van der Waals surface area contributed by atoms with Crippen molar-refractivity contribution in [2.24, 2.45) is 0 Å². The lowest BCUT2D eigenvalue weighted by atomic mass is 9.13. The Morgan fingerprint density at radius 2 is 0.733 bits per heavy atom. The molecule has 0 aliphatic heterocycles. The summed E-state index contributed by atoms with van der Waals surface area (Å²) in [5.41, 5.74) is 1.11. The molecule has 5 heteroatoms. The lowest BCUT2D eigenvalue weighted by Gasteiger charge is -2.43. The van der Waals surface area contributed by atoms with Crippen molar-refractivity contribution in [3.8, 4) is 0 Å². The van der Waals surface area contributed by atoms with E-state index in [2.05, 4.69) is 34.6 Å². The maximum Gasteiger partial charge on any atom is 0.0922 e. The van der Waals surface area contributed by atoms with Crippen LogP contribution in [-0.4, -0.2) is 36.8 Å². The van der Waals surface area contributed by atoms with Gasteiger partial charge in [-0.05, 0) is 43.9 Å². The van der Waals surface area contributed by atoms with Crippen LogP contribution in [0, 0.1) is 17.5 Å². The van der Waals surface area contributed by atoms with Crippen LogP contribution in [0.4, 0.5) is 13.2 Å². The Labute approximate surface area is 274 Å². The minimum Gasteiger partial charge on any atom is -0.324 e. The van der Waals surface area contributed by atoms with Crippen LogP contribution in [0.25, 0.3) is 0 Å². The zero-order valence-electron chi connectivity index (χ0n) is 29.1. The standard InChI is InChI=1S/C24H25BF3.C16H36N/c1-2-3-4-11-18-25(19-12-5-8-15-22(19)26,20-13-6-9-16-23(20)27)21-14-7-10-17-24(21)28;1-5-9-13-17(14-10-6-2,15-11-7-3)16-12-8-4/h5-10,12-17H,2-4,11,18H2,1H3;5-16H2,1-4H3/q-1;+1. The van der Waals surface area contributed by atoms with Gasteiger partial charge in [-0.3, -0.25) is 0 Å². The molecule has 0 fully saturated rings. The predicted molar refractivity (Wildman–Crippen MR) is 192 cm³/mol. The SMILES string of the molecule is CCCCCC[B-](c1ccccc1F)(c1ccccc1F)c1ccccc1F.CCCC[N+](CCCC)(CCCC)CCCC. The molecule has 250 valence electrons. The molecule has 0 aromatic heterocycles.